The summed E-state index contributed by atoms with van der Waals surface area (Å²) in [4.78, 5) is 11.9. The normalized spacial score (nSPS) is 10.8. The van der Waals surface area contributed by atoms with Crippen molar-refractivity contribution < 1.29 is 13.9 Å². The topological polar surface area (TPSA) is 26.3 Å². The number of unbranched alkanes of at least 4 members (excludes halogenated alkanes) is 2. The Morgan fingerprint density at radius 2 is 1.43 bits per heavy atom. The molecule has 0 saturated carbocycles. The fourth-order valence-electron chi connectivity index (χ4n) is 3.45. The Morgan fingerprint density at radius 1 is 0.800 bits per heavy atom. The molecule has 0 radical (unpaired) electrons. The minimum Gasteiger partial charge on any atom is -0.462 e. The molecule has 0 N–H and O–H groups in total. The van der Waals surface area contributed by atoms with E-state index < -0.39 is 0 Å². The van der Waals surface area contributed by atoms with Gasteiger partial charge in [0.15, 0.2) is 0 Å². The maximum atomic E-state index is 14.6. The highest BCUT2D eigenvalue weighted by atomic mass is 19.1. The molecule has 0 aliphatic rings. The molecule has 3 heteroatoms. The van der Waals surface area contributed by atoms with Crippen molar-refractivity contribution in [3.05, 3.63) is 83.7 Å². The number of ether oxygens (including phenoxy) is 1. The molecule has 30 heavy (non-hydrogen) atoms. The average molecular weight is 405 g/mol. The van der Waals surface area contributed by atoms with E-state index in [-0.39, 0.29) is 11.8 Å². The van der Waals surface area contributed by atoms with Gasteiger partial charge < -0.3 is 4.74 Å². The summed E-state index contributed by atoms with van der Waals surface area (Å²) in [5.41, 5.74) is 5.10. The number of aryl methyl sites for hydroxylation is 1. The summed E-state index contributed by atoms with van der Waals surface area (Å²) < 4.78 is 19.8. The number of hydrogen-bond donors (Lipinski definition) is 0. The van der Waals surface area contributed by atoms with Crippen LogP contribution >= 0.6 is 0 Å². The summed E-state index contributed by atoms with van der Waals surface area (Å²) in [5, 5.41) is 0. The highest BCUT2D eigenvalue weighted by Crippen LogP contribution is 2.28. The predicted octanol–water partition coefficient (Wildman–Crippen LogP) is 7.46. The molecular formula is C27H29FO2. The van der Waals surface area contributed by atoms with Gasteiger partial charge in [0.1, 0.15) is 5.82 Å². The number of benzene rings is 3. The van der Waals surface area contributed by atoms with Crippen molar-refractivity contribution in [3.63, 3.8) is 0 Å². The van der Waals surface area contributed by atoms with Crippen molar-refractivity contribution in [1.82, 2.24) is 0 Å². The molecule has 2 nitrogen and oxygen atoms in total. The van der Waals surface area contributed by atoms with Crippen molar-refractivity contribution in [2.75, 3.05) is 6.61 Å². The van der Waals surface area contributed by atoms with Gasteiger partial charge in [-0.1, -0.05) is 75.2 Å². The third-order valence-electron chi connectivity index (χ3n) is 5.19. The highest BCUT2D eigenvalue weighted by Gasteiger charge is 2.09. The van der Waals surface area contributed by atoms with E-state index >= 15 is 0 Å². The summed E-state index contributed by atoms with van der Waals surface area (Å²) in [6.45, 7) is 4.56. The molecule has 0 amide bonds. The molecular weight excluding hydrogens is 375 g/mol. The second-order valence-corrected chi connectivity index (χ2v) is 7.56. The van der Waals surface area contributed by atoms with Crippen molar-refractivity contribution in [2.24, 2.45) is 0 Å². The number of esters is 1. The Kier molecular flexibility index (Phi) is 7.78. The van der Waals surface area contributed by atoms with Crippen LogP contribution in [0, 0.1) is 5.82 Å². The molecule has 3 rings (SSSR count). The standard InChI is InChI=1S/C27H29FO2/c1-3-5-6-7-20-8-17-25(26(28)19-20)23-13-9-21(10-14-23)22-11-15-24(16-12-22)27(29)30-18-4-2/h8-17,19H,3-7,18H2,1-2H3. The Morgan fingerprint density at radius 3 is 2.03 bits per heavy atom. The zero-order chi connectivity index (χ0) is 21.3. The molecule has 0 atom stereocenters. The van der Waals surface area contributed by atoms with Crippen LogP contribution in [-0.4, -0.2) is 12.6 Å². The van der Waals surface area contributed by atoms with E-state index in [1.54, 1.807) is 18.2 Å². The molecule has 0 aliphatic carbocycles. The number of rotatable bonds is 9. The lowest BCUT2D eigenvalue weighted by atomic mass is 9.97. The van der Waals surface area contributed by atoms with Crippen LogP contribution in [0.5, 0.6) is 0 Å². The smallest absolute Gasteiger partial charge is 0.338 e. The van der Waals surface area contributed by atoms with E-state index in [1.807, 2.05) is 55.5 Å². The largest absolute Gasteiger partial charge is 0.462 e. The van der Waals surface area contributed by atoms with Gasteiger partial charge in [0.25, 0.3) is 0 Å². The van der Waals surface area contributed by atoms with Crippen LogP contribution in [0.1, 0.15) is 55.5 Å². The van der Waals surface area contributed by atoms with Gasteiger partial charge in [0, 0.05) is 5.56 Å². The Hall–Kier alpha value is -2.94. The first-order valence-corrected chi connectivity index (χ1v) is 10.8. The van der Waals surface area contributed by atoms with Crippen molar-refractivity contribution >= 4 is 5.97 Å². The van der Waals surface area contributed by atoms with Gasteiger partial charge in [-0.25, -0.2) is 9.18 Å². The van der Waals surface area contributed by atoms with E-state index in [0.717, 1.165) is 41.5 Å². The van der Waals surface area contributed by atoms with E-state index in [1.165, 1.54) is 12.8 Å². The van der Waals surface area contributed by atoms with E-state index in [9.17, 15) is 9.18 Å². The second-order valence-electron chi connectivity index (χ2n) is 7.56. The van der Waals surface area contributed by atoms with Gasteiger partial charge in [-0.3, -0.25) is 0 Å². The minimum absolute atomic E-state index is 0.174. The van der Waals surface area contributed by atoms with Crippen LogP contribution in [0.25, 0.3) is 22.3 Å². The highest BCUT2D eigenvalue weighted by molar-refractivity contribution is 5.90. The lowest BCUT2D eigenvalue weighted by Crippen LogP contribution is -2.05. The predicted molar refractivity (Wildman–Crippen MR) is 121 cm³/mol. The minimum atomic E-state index is -0.299. The quantitative estimate of drug-likeness (QED) is 0.273. The third kappa shape index (κ3) is 5.56. The Labute approximate surface area is 178 Å². The maximum Gasteiger partial charge on any atom is 0.338 e. The first-order chi connectivity index (χ1) is 14.6. The van der Waals surface area contributed by atoms with Crippen LogP contribution in [0.3, 0.4) is 0 Å². The Bertz CT molecular complexity index is 959. The lowest BCUT2D eigenvalue weighted by Gasteiger charge is -2.09. The van der Waals surface area contributed by atoms with Crippen molar-refractivity contribution in [2.45, 2.75) is 46.0 Å². The van der Waals surface area contributed by atoms with Gasteiger partial charge in [0.2, 0.25) is 0 Å². The number of carbonyl (C=O) groups excluding carboxylic acids is 1. The average Bonchev–Trinajstić information content (AvgIpc) is 2.78. The Balaban J connectivity index is 1.71. The van der Waals surface area contributed by atoms with Gasteiger partial charge >= 0.3 is 5.97 Å². The molecule has 0 bridgehead atoms. The van der Waals surface area contributed by atoms with Crippen molar-refractivity contribution in [3.8, 4) is 22.3 Å². The van der Waals surface area contributed by atoms with E-state index in [4.69, 9.17) is 4.74 Å². The van der Waals surface area contributed by atoms with Gasteiger partial charge in [-0.2, -0.15) is 0 Å². The van der Waals surface area contributed by atoms with E-state index in [0.29, 0.717) is 17.7 Å². The molecule has 0 spiro atoms. The van der Waals surface area contributed by atoms with Gasteiger partial charge in [-0.05, 0) is 59.7 Å². The van der Waals surface area contributed by atoms with Gasteiger partial charge in [-0.15, -0.1) is 0 Å². The molecule has 156 valence electrons. The second kappa shape index (κ2) is 10.7. The summed E-state index contributed by atoms with van der Waals surface area (Å²) in [6, 6.07) is 20.8. The van der Waals surface area contributed by atoms with Gasteiger partial charge in [0.05, 0.1) is 12.2 Å². The third-order valence-corrected chi connectivity index (χ3v) is 5.19. The molecule has 0 aromatic heterocycles. The molecule has 3 aromatic carbocycles. The zero-order valence-electron chi connectivity index (χ0n) is 17.8. The summed E-state index contributed by atoms with van der Waals surface area (Å²) >= 11 is 0. The lowest BCUT2D eigenvalue weighted by molar-refractivity contribution is 0.0505. The molecule has 3 aromatic rings. The van der Waals surface area contributed by atoms with Crippen LogP contribution in [0.2, 0.25) is 0 Å². The number of halogens is 1. The fraction of sp³-hybridized carbons (Fsp3) is 0.296. The molecule has 0 fully saturated rings. The monoisotopic (exact) mass is 404 g/mol. The number of carbonyl (C=O) groups is 1. The molecule has 0 unspecified atom stereocenters. The SMILES string of the molecule is CCCCCc1ccc(-c2ccc(-c3ccc(C(=O)OCCC)cc3)cc2)c(F)c1. The van der Waals surface area contributed by atoms with Crippen LogP contribution in [0.4, 0.5) is 4.39 Å². The first-order valence-electron chi connectivity index (χ1n) is 10.8. The van der Waals surface area contributed by atoms with Crippen LogP contribution < -0.4 is 0 Å². The summed E-state index contributed by atoms with van der Waals surface area (Å²) in [5.74, 6) is -0.473. The molecule has 0 aliphatic heterocycles. The maximum absolute atomic E-state index is 14.6. The first kappa shape index (κ1) is 21.8. The summed E-state index contributed by atoms with van der Waals surface area (Å²) in [7, 11) is 0. The zero-order valence-corrected chi connectivity index (χ0v) is 17.8. The number of hydrogen-bond acceptors (Lipinski definition) is 2. The van der Waals surface area contributed by atoms with Crippen LogP contribution in [-0.2, 0) is 11.2 Å². The van der Waals surface area contributed by atoms with Crippen LogP contribution in [0.15, 0.2) is 66.7 Å². The summed E-state index contributed by atoms with van der Waals surface area (Å²) in [6.07, 6.45) is 5.16. The van der Waals surface area contributed by atoms with Crippen molar-refractivity contribution in [1.29, 1.82) is 0 Å². The molecule has 0 heterocycles. The fourth-order valence-corrected chi connectivity index (χ4v) is 3.45. The molecule has 0 saturated heterocycles. The van der Waals surface area contributed by atoms with E-state index in [2.05, 4.69) is 6.92 Å².